The summed E-state index contributed by atoms with van der Waals surface area (Å²) in [6.07, 6.45) is 8.52. The Morgan fingerprint density at radius 3 is 2.24 bits per heavy atom. The highest BCUT2D eigenvalue weighted by atomic mass is 16.5. The summed E-state index contributed by atoms with van der Waals surface area (Å²) in [5.74, 6) is -0.422. The summed E-state index contributed by atoms with van der Waals surface area (Å²) in [5.41, 5.74) is 11.0. The average molecular weight is 889 g/mol. The molecule has 13 nitrogen and oxygen atoms in total. The van der Waals surface area contributed by atoms with Crippen molar-refractivity contribution in [1.29, 1.82) is 0 Å². The van der Waals surface area contributed by atoms with Crippen molar-refractivity contribution < 1.29 is 33.4 Å². The quantitative estimate of drug-likeness (QED) is 0.125. The minimum Gasteiger partial charge on any atom is -0.469 e. The van der Waals surface area contributed by atoms with Gasteiger partial charge in [-0.25, -0.2) is 9.78 Å². The second-order valence-corrected chi connectivity index (χ2v) is 18.2. The number of nitrogens with zero attached hydrogens (tertiary/aromatic N) is 4. The number of esters is 1. The van der Waals surface area contributed by atoms with E-state index in [-0.39, 0.29) is 36.2 Å². The van der Waals surface area contributed by atoms with Gasteiger partial charge in [-0.15, -0.1) is 0 Å². The van der Waals surface area contributed by atoms with Crippen LogP contribution in [0.3, 0.4) is 0 Å². The third-order valence-electron chi connectivity index (χ3n) is 14.5. The zero-order valence-electron chi connectivity index (χ0n) is 37.6. The second kappa shape index (κ2) is 18.7. The molecule has 2 N–H and O–H groups in total. The molecule has 3 fully saturated rings. The summed E-state index contributed by atoms with van der Waals surface area (Å²) < 4.78 is 15.4. The van der Waals surface area contributed by atoms with Crippen LogP contribution < -0.4 is 5.32 Å². The van der Waals surface area contributed by atoms with Crippen molar-refractivity contribution in [2.75, 3.05) is 40.5 Å². The van der Waals surface area contributed by atoms with Crippen LogP contribution in [0, 0.1) is 5.92 Å². The van der Waals surface area contributed by atoms with Crippen molar-refractivity contribution in [2.45, 2.75) is 88.3 Å². The lowest BCUT2D eigenvalue weighted by atomic mass is 9.85. The van der Waals surface area contributed by atoms with Crippen LogP contribution in [0.15, 0.2) is 102 Å². The molecule has 13 heteroatoms. The minimum absolute atomic E-state index is 0.00802. The van der Waals surface area contributed by atoms with Gasteiger partial charge in [0.15, 0.2) is 0 Å². The zero-order valence-corrected chi connectivity index (χ0v) is 37.6. The standard InChI is InChI=1S/C53H56N6O7/c1-64-48(60)30-41(32-8-4-3-5-9-32)51(61)58-22-6-10-46(58)44-29-42-40-18-16-37(27-38(40)17-19-43(42)55-44)34-12-13-36-28-39(15-14-35(36)26-34)45-31-54-50(56-45)47-11-7-23-59(47)52(62)49(57-53(63)65-2)33-20-24-66-25-21-33/h3-5,8-9,12-16,18,26-28,31,33,41,46-47,49H,6-7,10-11,17,19-25,29-30H2,1-2H3,(H,54,56)(H,57,63)/t41-,46+,47+,49+/m1/s1. The number of nitrogens with one attached hydrogen (secondary N) is 2. The molecule has 5 aliphatic rings. The van der Waals surface area contributed by atoms with Crippen LogP contribution in [0.25, 0.3) is 38.7 Å². The summed E-state index contributed by atoms with van der Waals surface area (Å²) in [6, 6.07) is 28.4. The number of likely N-dealkylation sites (tertiary alicyclic amines) is 2. The molecule has 10 rings (SSSR count). The molecule has 0 radical (unpaired) electrons. The Kier molecular flexibility index (Phi) is 12.3. The van der Waals surface area contributed by atoms with E-state index in [0.717, 1.165) is 95.3 Å². The van der Waals surface area contributed by atoms with E-state index in [1.54, 1.807) is 0 Å². The molecule has 0 unspecified atom stereocenters. The number of aliphatic imine (C=N–C) groups is 1. The number of carbonyl (C=O) groups excluding carboxylic acids is 4. The van der Waals surface area contributed by atoms with E-state index in [2.05, 4.69) is 64.9 Å². The predicted molar refractivity (Wildman–Crippen MR) is 251 cm³/mol. The molecule has 4 atom stereocenters. The van der Waals surface area contributed by atoms with Crippen LogP contribution >= 0.6 is 0 Å². The zero-order chi connectivity index (χ0) is 45.3. The van der Waals surface area contributed by atoms with E-state index in [4.69, 9.17) is 24.2 Å². The van der Waals surface area contributed by atoms with Gasteiger partial charge in [-0.2, -0.15) is 0 Å². The molecule has 0 saturated carbocycles. The molecule has 0 bridgehead atoms. The number of aromatic nitrogens is 2. The van der Waals surface area contributed by atoms with Gasteiger partial charge < -0.3 is 34.3 Å². The van der Waals surface area contributed by atoms with E-state index in [0.29, 0.717) is 39.1 Å². The molecule has 5 aromatic rings. The normalized spacial score (nSPS) is 20.4. The molecular weight excluding hydrogens is 833 g/mol. The molecule has 1 aliphatic carbocycles. The van der Waals surface area contributed by atoms with Gasteiger partial charge in [-0.1, -0.05) is 72.8 Å². The molecule has 5 heterocycles. The van der Waals surface area contributed by atoms with Crippen LogP contribution in [0.4, 0.5) is 4.79 Å². The van der Waals surface area contributed by atoms with Gasteiger partial charge >= 0.3 is 12.1 Å². The summed E-state index contributed by atoms with van der Waals surface area (Å²) >= 11 is 0. The summed E-state index contributed by atoms with van der Waals surface area (Å²) in [5, 5.41) is 5.08. The van der Waals surface area contributed by atoms with Gasteiger partial charge in [0, 0.05) is 49.7 Å². The molecule has 3 amide bonds. The molecule has 0 spiro atoms. The third kappa shape index (κ3) is 8.52. The number of benzene rings is 4. The largest absolute Gasteiger partial charge is 0.469 e. The fourth-order valence-electron chi connectivity index (χ4n) is 11.0. The summed E-state index contributed by atoms with van der Waals surface area (Å²) in [6.45, 7) is 2.37. The smallest absolute Gasteiger partial charge is 0.407 e. The lowest BCUT2D eigenvalue weighted by Gasteiger charge is -2.34. The SMILES string of the molecule is COC(=O)C[C@@H](C(=O)N1CCC[C@H]1C1=NC2=C(C1)c1ccc(-c3ccc4cc(-c5cnc([C@@H]6CCCN6C(=O)[C@@H](NC(=O)OC)C6CCOCC6)[nH]5)ccc4c3)cc1CC2)c1ccccc1. The number of imidazole rings is 1. The number of aryl methyl sites for hydroxylation is 1. The van der Waals surface area contributed by atoms with Crippen LogP contribution in [-0.2, 0) is 35.0 Å². The number of hydrogen-bond donors (Lipinski definition) is 2. The Hall–Kier alpha value is -6.60. The van der Waals surface area contributed by atoms with Crippen molar-refractivity contribution in [1.82, 2.24) is 25.1 Å². The number of fused-ring (bicyclic) bond motifs is 3. The number of aromatic amines is 1. The Bertz CT molecular complexity index is 2740. The lowest BCUT2D eigenvalue weighted by Crippen LogP contribution is -2.53. The van der Waals surface area contributed by atoms with Gasteiger partial charge in [-0.05, 0) is 114 Å². The lowest BCUT2D eigenvalue weighted by molar-refractivity contribution is -0.144. The Morgan fingerprint density at radius 2 is 1.48 bits per heavy atom. The first-order valence-electron chi connectivity index (χ1n) is 23.4. The first kappa shape index (κ1) is 43.3. The molecule has 3 saturated heterocycles. The molecule has 340 valence electrons. The molecule has 4 aromatic carbocycles. The van der Waals surface area contributed by atoms with Crippen LogP contribution in [0.2, 0.25) is 0 Å². The molecule has 66 heavy (non-hydrogen) atoms. The highest BCUT2D eigenvalue weighted by Crippen LogP contribution is 2.43. The van der Waals surface area contributed by atoms with E-state index in [9.17, 15) is 19.2 Å². The fraction of sp³-hybridized carbons (Fsp3) is 0.396. The molecule has 4 aliphatic heterocycles. The van der Waals surface area contributed by atoms with Gasteiger partial charge in [0.05, 0.1) is 50.5 Å². The summed E-state index contributed by atoms with van der Waals surface area (Å²) in [7, 11) is 2.68. The maximum atomic E-state index is 14.2. The van der Waals surface area contributed by atoms with Crippen molar-refractivity contribution in [3.8, 4) is 22.4 Å². The highest BCUT2D eigenvalue weighted by molar-refractivity contribution is 6.06. The first-order valence-corrected chi connectivity index (χ1v) is 23.4. The fourth-order valence-corrected chi connectivity index (χ4v) is 11.0. The Balaban J connectivity index is 0.819. The number of methoxy groups -OCH3 is 2. The van der Waals surface area contributed by atoms with E-state index in [1.165, 1.54) is 36.5 Å². The Labute approximate surface area is 384 Å². The number of ether oxygens (including phenoxy) is 3. The number of alkyl carbamates (subject to hydrolysis) is 1. The van der Waals surface area contributed by atoms with Crippen molar-refractivity contribution in [3.63, 3.8) is 0 Å². The third-order valence-corrected chi connectivity index (χ3v) is 14.5. The van der Waals surface area contributed by atoms with E-state index >= 15 is 0 Å². The van der Waals surface area contributed by atoms with E-state index in [1.807, 2.05) is 46.3 Å². The van der Waals surface area contributed by atoms with Crippen molar-refractivity contribution in [2.24, 2.45) is 10.9 Å². The molecular formula is C53H56N6O7. The number of hydrogen-bond acceptors (Lipinski definition) is 9. The second-order valence-electron chi connectivity index (χ2n) is 18.2. The van der Waals surface area contributed by atoms with Crippen molar-refractivity contribution in [3.05, 3.63) is 119 Å². The number of H-pyrrole nitrogens is 1. The Morgan fingerprint density at radius 1 is 0.788 bits per heavy atom. The average Bonchev–Trinajstić information content (AvgIpc) is 4.21. The summed E-state index contributed by atoms with van der Waals surface area (Å²) in [4.78, 5) is 70.4. The van der Waals surface area contributed by atoms with Crippen molar-refractivity contribution >= 4 is 45.9 Å². The van der Waals surface area contributed by atoms with Gasteiger partial charge in [0.2, 0.25) is 11.8 Å². The van der Waals surface area contributed by atoms with E-state index < -0.39 is 24.0 Å². The molecule has 1 aromatic heterocycles. The number of carbonyl (C=O) groups is 4. The maximum absolute atomic E-state index is 14.2. The van der Waals surface area contributed by atoms with Gasteiger partial charge in [-0.3, -0.25) is 19.4 Å². The highest BCUT2D eigenvalue weighted by Gasteiger charge is 2.41. The predicted octanol–water partition coefficient (Wildman–Crippen LogP) is 8.55. The monoisotopic (exact) mass is 888 g/mol. The van der Waals surface area contributed by atoms with Gasteiger partial charge in [0.1, 0.15) is 11.9 Å². The number of amides is 3. The number of rotatable bonds is 11. The minimum atomic E-state index is -0.682. The number of allylic oxidation sites excluding steroid dienone is 2. The topological polar surface area (TPSA) is 156 Å². The maximum Gasteiger partial charge on any atom is 0.407 e. The first-order chi connectivity index (χ1) is 32.3. The van der Waals surface area contributed by atoms with Crippen LogP contribution in [0.1, 0.15) is 92.3 Å². The van der Waals surface area contributed by atoms with Gasteiger partial charge in [0.25, 0.3) is 0 Å². The van der Waals surface area contributed by atoms with Crippen LogP contribution in [-0.4, -0.2) is 102 Å². The van der Waals surface area contributed by atoms with Crippen LogP contribution in [0.5, 0.6) is 0 Å².